The molecule has 3 nitrogen and oxygen atoms in total. The van der Waals surface area contributed by atoms with Crippen LogP contribution in [0.4, 0.5) is 13.2 Å². The first-order valence-electron chi connectivity index (χ1n) is 6.21. The highest BCUT2D eigenvalue weighted by atomic mass is 32.2. The highest BCUT2D eigenvalue weighted by Gasteiger charge is 2.47. The minimum Gasteiger partial charge on any atom is -0.364 e. The summed E-state index contributed by atoms with van der Waals surface area (Å²) < 4.78 is 65.7. The molecule has 112 valence electrons. The number of ether oxygens (including phenoxy) is 1. The molecule has 1 aromatic rings. The smallest absolute Gasteiger partial charge is 0.364 e. The average molecular weight is 308 g/mol. The van der Waals surface area contributed by atoms with Gasteiger partial charge in [-0.25, -0.2) is 8.42 Å². The third-order valence-electron chi connectivity index (χ3n) is 3.49. The van der Waals surface area contributed by atoms with E-state index in [4.69, 9.17) is 4.74 Å². The normalized spacial score (nSPS) is 22.8. The Morgan fingerprint density at radius 2 is 1.80 bits per heavy atom. The number of hydrogen-bond acceptors (Lipinski definition) is 3. The van der Waals surface area contributed by atoms with Crippen molar-refractivity contribution in [3.05, 3.63) is 35.4 Å². The lowest BCUT2D eigenvalue weighted by Gasteiger charge is -2.13. The van der Waals surface area contributed by atoms with Crippen molar-refractivity contribution in [1.29, 1.82) is 0 Å². The molecule has 2 rings (SSSR count). The first-order valence-corrected chi connectivity index (χ1v) is 8.03. The SMILES string of the molecule is CCS(=O)(=O)CCC1(c2ccc(C(F)(F)F)cc2)CO1. The molecule has 0 spiro atoms. The van der Waals surface area contributed by atoms with Crippen LogP contribution in [-0.2, 0) is 26.4 Å². The minimum atomic E-state index is -4.37. The highest BCUT2D eigenvalue weighted by molar-refractivity contribution is 7.91. The second kappa shape index (κ2) is 5.04. The molecule has 1 aliphatic rings. The van der Waals surface area contributed by atoms with Gasteiger partial charge in [0.25, 0.3) is 0 Å². The van der Waals surface area contributed by atoms with Crippen LogP contribution in [0, 0.1) is 0 Å². The van der Waals surface area contributed by atoms with Crippen molar-refractivity contribution >= 4 is 9.84 Å². The van der Waals surface area contributed by atoms with Crippen LogP contribution in [0.3, 0.4) is 0 Å². The summed E-state index contributed by atoms with van der Waals surface area (Å²) in [6.45, 7) is 1.91. The Labute approximate surface area is 115 Å². The van der Waals surface area contributed by atoms with E-state index in [9.17, 15) is 21.6 Å². The number of benzene rings is 1. The summed E-state index contributed by atoms with van der Waals surface area (Å²) >= 11 is 0. The van der Waals surface area contributed by atoms with Crippen LogP contribution in [-0.4, -0.2) is 26.5 Å². The van der Waals surface area contributed by atoms with Crippen molar-refractivity contribution < 1.29 is 26.3 Å². The molecule has 1 fully saturated rings. The average Bonchev–Trinajstić information content (AvgIpc) is 3.17. The van der Waals surface area contributed by atoms with Crippen molar-refractivity contribution in [2.24, 2.45) is 0 Å². The summed E-state index contributed by atoms with van der Waals surface area (Å²) in [7, 11) is -3.11. The third-order valence-corrected chi connectivity index (χ3v) is 5.19. The number of halogens is 3. The van der Waals surface area contributed by atoms with Crippen molar-refractivity contribution in [3.63, 3.8) is 0 Å². The van der Waals surface area contributed by atoms with E-state index in [1.54, 1.807) is 6.92 Å². The van der Waals surface area contributed by atoms with Gasteiger partial charge in [0, 0.05) is 5.75 Å². The molecule has 0 aliphatic carbocycles. The van der Waals surface area contributed by atoms with Crippen molar-refractivity contribution in [2.45, 2.75) is 25.1 Å². The van der Waals surface area contributed by atoms with Gasteiger partial charge in [0.1, 0.15) is 15.4 Å². The van der Waals surface area contributed by atoms with Gasteiger partial charge in [0.15, 0.2) is 0 Å². The summed E-state index contributed by atoms with van der Waals surface area (Å²) in [6, 6.07) is 4.70. The van der Waals surface area contributed by atoms with Crippen LogP contribution in [0.15, 0.2) is 24.3 Å². The van der Waals surface area contributed by atoms with Gasteiger partial charge in [-0.2, -0.15) is 13.2 Å². The van der Waals surface area contributed by atoms with E-state index >= 15 is 0 Å². The summed E-state index contributed by atoms with van der Waals surface area (Å²) in [5, 5.41) is 0. The van der Waals surface area contributed by atoms with Gasteiger partial charge in [0.2, 0.25) is 0 Å². The standard InChI is InChI=1S/C13H15F3O3S/c1-2-20(17,18)8-7-12(9-19-12)10-3-5-11(6-4-10)13(14,15)16/h3-6H,2,7-9H2,1H3. The molecule has 20 heavy (non-hydrogen) atoms. The van der Waals surface area contributed by atoms with Crippen LogP contribution in [0.5, 0.6) is 0 Å². The third kappa shape index (κ3) is 3.32. The van der Waals surface area contributed by atoms with Gasteiger partial charge in [-0.3, -0.25) is 0 Å². The highest BCUT2D eigenvalue weighted by Crippen LogP contribution is 2.43. The topological polar surface area (TPSA) is 46.7 Å². The van der Waals surface area contributed by atoms with E-state index in [2.05, 4.69) is 0 Å². The maximum Gasteiger partial charge on any atom is 0.416 e. The molecule has 0 aromatic heterocycles. The first kappa shape index (κ1) is 15.3. The van der Waals surface area contributed by atoms with Crippen molar-refractivity contribution in [1.82, 2.24) is 0 Å². The van der Waals surface area contributed by atoms with Crippen molar-refractivity contribution in [2.75, 3.05) is 18.1 Å². The molecule has 7 heteroatoms. The monoisotopic (exact) mass is 308 g/mol. The second-order valence-electron chi connectivity index (χ2n) is 4.84. The van der Waals surface area contributed by atoms with Crippen LogP contribution in [0.25, 0.3) is 0 Å². The van der Waals surface area contributed by atoms with Crippen LogP contribution >= 0.6 is 0 Å². The van der Waals surface area contributed by atoms with E-state index in [1.165, 1.54) is 12.1 Å². The molecule has 0 bridgehead atoms. The van der Waals surface area contributed by atoms with Crippen LogP contribution in [0.2, 0.25) is 0 Å². The Morgan fingerprint density at radius 3 is 2.20 bits per heavy atom. The Kier molecular flexibility index (Phi) is 3.85. The maximum absolute atomic E-state index is 12.5. The first-order chi connectivity index (χ1) is 9.19. The summed E-state index contributed by atoms with van der Waals surface area (Å²) in [5.74, 6) is 0.0284. The van der Waals surface area contributed by atoms with Gasteiger partial charge < -0.3 is 4.74 Å². The van der Waals surface area contributed by atoms with E-state index < -0.39 is 27.2 Å². The molecule has 1 saturated heterocycles. The Hall–Kier alpha value is -1.08. The lowest BCUT2D eigenvalue weighted by atomic mass is 9.96. The predicted molar refractivity (Wildman–Crippen MR) is 68.0 cm³/mol. The molecule has 1 atom stereocenters. The largest absolute Gasteiger partial charge is 0.416 e. The Bertz CT molecular complexity index is 572. The van der Waals surface area contributed by atoms with E-state index in [-0.39, 0.29) is 17.9 Å². The van der Waals surface area contributed by atoms with Gasteiger partial charge >= 0.3 is 6.18 Å². The zero-order chi connectivity index (χ0) is 15.0. The Morgan fingerprint density at radius 1 is 1.25 bits per heavy atom. The number of hydrogen-bond donors (Lipinski definition) is 0. The fourth-order valence-electron chi connectivity index (χ4n) is 1.97. The molecular formula is C13H15F3O3S. The number of rotatable bonds is 5. The molecule has 0 N–H and O–H groups in total. The summed E-state index contributed by atoms with van der Waals surface area (Å²) in [5.41, 5.74) is -0.859. The molecule has 1 heterocycles. The molecule has 1 unspecified atom stereocenters. The Balaban J connectivity index is 2.11. The zero-order valence-electron chi connectivity index (χ0n) is 10.9. The quantitative estimate of drug-likeness (QED) is 0.786. The molecule has 0 radical (unpaired) electrons. The molecule has 1 aromatic carbocycles. The fourth-order valence-corrected chi connectivity index (χ4v) is 2.90. The molecular weight excluding hydrogens is 293 g/mol. The van der Waals surface area contributed by atoms with E-state index in [1.807, 2.05) is 0 Å². The summed E-state index contributed by atoms with van der Waals surface area (Å²) in [4.78, 5) is 0. The molecule has 0 amide bonds. The molecule has 0 saturated carbocycles. The van der Waals surface area contributed by atoms with E-state index in [0.29, 0.717) is 12.2 Å². The second-order valence-corrected chi connectivity index (χ2v) is 7.32. The van der Waals surface area contributed by atoms with Gasteiger partial charge in [0.05, 0.1) is 17.9 Å². The number of sulfone groups is 1. The van der Waals surface area contributed by atoms with Crippen LogP contribution < -0.4 is 0 Å². The van der Waals surface area contributed by atoms with Gasteiger partial charge in [-0.1, -0.05) is 19.1 Å². The fraction of sp³-hybridized carbons (Fsp3) is 0.538. The van der Waals surface area contributed by atoms with Gasteiger partial charge in [-0.15, -0.1) is 0 Å². The minimum absolute atomic E-state index is 0.0233. The zero-order valence-corrected chi connectivity index (χ0v) is 11.7. The lowest BCUT2D eigenvalue weighted by molar-refractivity contribution is -0.137. The van der Waals surface area contributed by atoms with Crippen molar-refractivity contribution in [3.8, 4) is 0 Å². The van der Waals surface area contributed by atoms with E-state index in [0.717, 1.165) is 12.1 Å². The number of epoxide rings is 1. The lowest BCUT2D eigenvalue weighted by Crippen LogP contribution is -2.18. The summed E-state index contributed by atoms with van der Waals surface area (Å²) in [6.07, 6.45) is -4.10. The van der Waals surface area contributed by atoms with Gasteiger partial charge in [-0.05, 0) is 24.1 Å². The van der Waals surface area contributed by atoms with Crippen LogP contribution in [0.1, 0.15) is 24.5 Å². The predicted octanol–water partition coefficient (Wildman–Crippen LogP) is 2.76. The number of alkyl halides is 3. The molecule has 1 aliphatic heterocycles. The maximum atomic E-state index is 12.5.